The molecule has 3 nitrogen and oxygen atoms in total. The average molecular weight is 388 g/mol. The zero-order valence-electron chi connectivity index (χ0n) is 11.1. The maximum Gasteiger partial charge on any atom is 0.419 e. The molecule has 0 bridgehead atoms. The number of nitrogens with zero attached hydrogens (tertiary/aromatic N) is 1. The zero-order valence-corrected chi connectivity index (χ0v) is 12.7. The Labute approximate surface area is 135 Å². The number of anilines is 1. The Kier molecular flexibility index (Phi) is 3.51. The van der Waals surface area contributed by atoms with Crippen LogP contribution in [-0.4, -0.2) is 11.8 Å². The van der Waals surface area contributed by atoms with Gasteiger partial charge in [-0.05, 0) is 40.2 Å². The Morgan fingerprint density at radius 1 is 0.957 bits per heavy atom. The monoisotopic (exact) mass is 387 g/mol. The summed E-state index contributed by atoms with van der Waals surface area (Å²) in [5, 5.41) is 0. The second-order valence-electron chi connectivity index (χ2n) is 4.77. The Bertz CT molecular complexity index is 813. The first kappa shape index (κ1) is 15.7. The highest BCUT2D eigenvalue weighted by molar-refractivity contribution is 9.10. The van der Waals surface area contributed by atoms with Gasteiger partial charge in [0.25, 0.3) is 11.8 Å². The van der Waals surface area contributed by atoms with E-state index in [4.69, 9.17) is 0 Å². The average Bonchev–Trinajstić information content (AvgIpc) is 2.71. The van der Waals surface area contributed by atoms with Crippen LogP contribution in [0.2, 0.25) is 0 Å². The van der Waals surface area contributed by atoms with Gasteiger partial charge < -0.3 is 0 Å². The molecule has 0 aromatic heterocycles. The van der Waals surface area contributed by atoms with Gasteiger partial charge in [-0.1, -0.05) is 12.1 Å². The van der Waals surface area contributed by atoms with Gasteiger partial charge in [0.05, 0.1) is 22.4 Å². The van der Waals surface area contributed by atoms with Crippen molar-refractivity contribution in [2.75, 3.05) is 4.90 Å². The van der Waals surface area contributed by atoms with Crippen molar-refractivity contribution in [1.82, 2.24) is 0 Å². The van der Waals surface area contributed by atoms with Crippen LogP contribution in [0.25, 0.3) is 0 Å². The van der Waals surface area contributed by atoms with E-state index in [1.165, 1.54) is 24.3 Å². The Balaban J connectivity index is 2.18. The fourth-order valence-corrected chi connectivity index (χ4v) is 2.83. The van der Waals surface area contributed by atoms with E-state index >= 15 is 0 Å². The highest BCUT2D eigenvalue weighted by Gasteiger charge is 2.40. The smallest absolute Gasteiger partial charge is 0.268 e. The maximum atomic E-state index is 13.5. The highest BCUT2D eigenvalue weighted by atomic mass is 79.9. The number of alkyl halides is 3. The lowest BCUT2D eigenvalue weighted by molar-refractivity contribution is -0.139. The van der Waals surface area contributed by atoms with Crippen LogP contribution in [0.15, 0.2) is 40.9 Å². The summed E-state index contributed by atoms with van der Waals surface area (Å²) in [5.41, 5.74) is -1.73. The maximum absolute atomic E-state index is 13.5. The molecule has 2 amide bonds. The molecule has 23 heavy (non-hydrogen) atoms. The Morgan fingerprint density at radius 2 is 1.48 bits per heavy atom. The number of benzene rings is 2. The van der Waals surface area contributed by atoms with E-state index in [-0.39, 0.29) is 21.3 Å². The number of carbonyl (C=O) groups excluding carboxylic acids is 2. The molecule has 2 aromatic rings. The van der Waals surface area contributed by atoms with Crippen molar-refractivity contribution in [3.63, 3.8) is 0 Å². The van der Waals surface area contributed by atoms with Crippen LogP contribution in [0.5, 0.6) is 0 Å². The summed E-state index contributed by atoms with van der Waals surface area (Å²) in [7, 11) is 0. The second-order valence-corrected chi connectivity index (χ2v) is 5.63. The van der Waals surface area contributed by atoms with Crippen LogP contribution in [0.4, 0.5) is 23.2 Å². The lowest BCUT2D eigenvalue weighted by atomic mass is 10.1. The molecule has 1 aliphatic heterocycles. The van der Waals surface area contributed by atoms with Crippen LogP contribution in [0.3, 0.4) is 0 Å². The van der Waals surface area contributed by atoms with Crippen molar-refractivity contribution in [1.29, 1.82) is 0 Å². The molecule has 2 aromatic carbocycles. The lowest BCUT2D eigenvalue weighted by Gasteiger charge is -2.18. The fourth-order valence-electron chi connectivity index (χ4n) is 2.33. The molecule has 0 saturated heterocycles. The zero-order chi connectivity index (χ0) is 16.9. The third-order valence-corrected chi connectivity index (χ3v) is 4.01. The number of halogens is 5. The first-order valence-corrected chi connectivity index (χ1v) is 7.05. The van der Waals surface area contributed by atoms with Gasteiger partial charge in [0.15, 0.2) is 0 Å². The summed E-state index contributed by atoms with van der Waals surface area (Å²) in [4.78, 5) is 25.2. The molecule has 1 aliphatic rings. The first-order valence-electron chi connectivity index (χ1n) is 6.26. The number of amides is 2. The van der Waals surface area contributed by atoms with Gasteiger partial charge in [-0.3, -0.25) is 9.59 Å². The standard InChI is InChI=1S/C15H6BrF4NO2/c16-10-6-11(17)9(15(18,19)20)5-12(10)21-13(22)7-3-1-2-4-8(7)14(21)23/h1-6H. The molecule has 0 unspecified atom stereocenters. The normalized spacial score (nSPS) is 14.4. The molecule has 0 aliphatic carbocycles. The largest absolute Gasteiger partial charge is 0.419 e. The quantitative estimate of drug-likeness (QED) is 0.536. The minimum Gasteiger partial charge on any atom is -0.268 e. The van der Waals surface area contributed by atoms with Crippen LogP contribution >= 0.6 is 15.9 Å². The molecule has 1 heterocycles. The number of hydrogen-bond donors (Lipinski definition) is 0. The van der Waals surface area contributed by atoms with Gasteiger partial charge in [-0.25, -0.2) is 9.29 Å². The Hall–Kier alpha value is -2.22. The second kappa shape index (κ2) is 5.16. The number of imide groups is 1. The number of carbonyl (C=O) groups is 2. The summed E-state index contributed by atoms with van der Waals surface area (Å²) < 4.78 is 52.0. The molecule has 3 rings (SSSR count). The number of fused-ring (bicyclic) bond motifs is 1. The molecular weight excluding hydrogens is 382 g/mol. The van der Waals surface area contributed by atoms with Crippen molar-refractivity contribution in [3.8, 4) is 0 Å². The first-order chi connectivity index (χ1) is 10.7. The minimum atomic E-state index is -4.95. The summed E-state index contributed by atoms with van der Waals surface area (Å²) in [6.07, 6.45) is -4.95. The molecule has 0 fully saturated rings. The van der Waals surface area contributed by atoms with Crippen LogP contribution in [0, 0.1) is 5.82 Å². The summed E-state index contributed by atoms with van der Waals surface area (Å²) in [6.45, 7) is 0. The third-order valence-electron chi connectivity index (χ3n) is 3.38. The SMILES string of the molecule is O=C1c2ccccc2C(=O)N1c1cc(C(F)(F)F)c(F)cc1Br. The predicted octanol–water partition coefficient (Wildman–Crippen LogP) is 4.41. The van der Waals surface area contributed by atoms with Gasteiger partial charge >= 0.3 is 6.18 Å². The van der Waals surface area contributed by atoms with Crippen molar-refractivity contribution in [3.05, 3.63) is 63.4 Å². The fraction of sp³-hybridized carbons (Fsp3) is 0.0667. The van der Waals surface area contributed by atoms with E-state index in [9.17, 15) is 27.2 Å². The van der Waals surface area contributed by atoms with Gasteiger partial charge in [0.1, 0.15) is 5.82 Å². The van der Waals surface area contributed by atoms with Crippen molar-refractivity contribution < 1.29 is 27.2 Å². The van der Waals surface area contributed by atoms with Gasteiger partial charge in [0, 0.05) is 4.47 Å². The lowest BCUT2D eigenvalue weighted by Crippen LogP contribution is -2.30. The van der Waals surface area contributed by atoms with Crippen molar-refractivity contribution in [2.45, 2.75) is 6.18 Å². The molecule has 0 saturated carbocycles. The third kappa shape index (κ3) is 2.42. The van der Waals surface area contributed by atoms with Crippen LogP contribution in [-0.2, 0) is 6.18 Å². The van der Waals surface area contributed by atoms with E-state index < -0.39 is 29.4 Å². The van der Waals surface area contributed by atoms with E-state index in [0.29, 0.717) is 17.0 Å². The van der Waals surface area contributed by atoms with E-state index in [0.717, 1.165) is 0 Å². The number of hydrogen-bond acceptors (Lipinski definition) is 2. The molecule has 0 radical (unpaired) electrons. The van der Waals surface area contributed by atoms with Crippen LogP contribution in [0.1, 0.15) is 26.3 Å². The molecule has 0 N–H and O–H groups in total. The molecular formula is C15H6BrF4NO2. The molecule has 0 spiro atoms. The highest BCUT2D eigenvalue weighted by Crippen LogP contribution is 2.40. The van der Waals surface area contributed by atoms with Gasteiger partial charge in [0.2, 0.25) is 0 Å². The summed E-state index contributed by atoms with van der Waals surface area (Å²) >= 11 is 2.90. The molecule has 8 heteroatoms. The topological polar surface area (TPSA) is 37.4 Å². The van der Waals surface area contributed by atoms with E-state index in [1.807, 2.05) is 0 Å². The van der Waals surface area contributed by atoms with Crippen molar-refractivity contribution in [2.24, 2.45) is 0 Å². The van der Waals surface area contributed by atoms with E-state index in [2.05, 4.69) is 15.9 Å². The Morgan fingerprint density at radius 3 is 1.96 bits per heavy atom. The van der Waals surface area contributed by atoms with E-state index in [1.54, 1.807) is 0 Å². The van der Waals surface area contributed by atoms with Crippen LogP contribution < -0.4 is 4.90 Å². The minimum absolute atomic E-state index is 0.0854. The van der Waals surface area contributed by atoms with Gasteiger partial charge in [-0.15, -0.1) is 0 Å². The molecule has 118 valence electrons. The van der Waals surface area contributed by atoms with Crippen molar-refractivity contribution >= 4 is 33.4 Å². The molecule has 0 atom stereocenters. The summed E-state index contributed by atoms with van der Waals surface area (Å²) in [5.74, 6) is -3.01. The summed E-state index contributed by atoms with van der Waals surface area (Å²) in [6, 6.07) is 6.90. The van der Waals surface area contributed by atoms with Gasteiger partial charge in [-0.2, -0.15) is 13.2 Å². The predicted molar refractivity (Wildman–Crippen MR) is 76.7 cm³/mol. The number of rotatable bonds is 1.